The molecule has 1 fully saturated rings. The van der Waals surface area contributed by atoms with Gasteiger partial charge in [0.2, 0.25) is 0 Å². The second kappa shape index (κ2) is 5.97. The lowest BCUT2D eigenvalue weighted by Crippen LogP contribution is -2.44. The van der Waals surface area contributed by atoms with Crippen LogP contribution in [0.3, 0.4) is 0 Å². The van der Waals surface area contributed by atoms with Gasteiger partial charge in [-0.3, -0.25) is 4.72 Å². The van der Waals surface area contributed by atoms with Crippen LogP contribution in [0.15, 0.2) is 29.2 Å². The number of nitrogens with one attached hydrogen (secondary N) is 1. The van der Waals surface area contributed by atoms with Crippen LogP contribution in [-0.2, 0) is 4.74 Å². The van der Waals surface area contributed by atoms with Crippen LogP contribution in [0, 0.1) is 0 Å². The summed E-state index contributed by atoms with van der Waals surface area (Å²) >= 11 is 1.24. The fourth-order valence-corrected chi connectivity index (χ4v) is 2.62. The molecule has 2 amide bonds. The van der Waals surface area contributed by atoms with Crippen LogP contribution < -0.4 is 15.4 Å². The molecule has 6 heteroatoms. The number of benzene rings is 1. The zero-order valence-electron chi connectivity index (χ0n) is 10.3. The van der Waals surface area contributed by atoms with Gasteiger partial charge in [0.15, 0.2) is 0 Å². The lowest BCUT2D eigenvalue weighted by Gasteiger charge is -2.36. The molecule has 1 saturated heterocycles. The molecule has 1 heterocycles. The number of hydrogen-bond acceptors (Lipinski definition) is 4. The molecular weight excluding hydrogens is 250 g/mol. The van der Waals surface area contributed by atoms with Crippen LogP contribution >= 0.6 is 11.9 Å². The lowest BCUT2D eigenvalue weighted by molar-refractivity contribution is 0.0987. The number of urea groups is 1. The fourth-order valence-electron chi connectivity index (χ4n) is 1.97. The molecule has 1 aromatic rings. The number of hydrogen-bond donors (Lipinski definition) is 2. The molecule has 18 heavy (non-hydrogen) atoms. The van der Waals surface area contributed by atoms with Gasteiger partial charge in [0, 0.05) is 12.6 Å². The Labute approximate surface area is 111 Å². The molecule has 5 nitrogen and oxygen atoms in total. The lowest BCUT2D eigenvalue weighted by atomic mass is 10.2. The van der Waals surface area contributed by atoms with Gasteiger partial charge in [0.25, 0.3) is 0 Å². The summed E-state index contributed by atoms with van der Waals surface area (Å²) in [5.41, 5.74) is 6.20. The molecule has 0 aliphatic carbocycles. The summed E-state index contributed by atoms with van der Waals surface area (Å²) in [6.07, 6.45) is 0. The van der Waals surface area contributed by atoms with Gasteiger partial charge in [-0.15, -0.1) is 0 Å². The maximum atomic E-state index is 10.8. The van der Waals surface area contributed by atoms with Gasteiger partial charge in [-0.1, -0.05) is 12.1 Å². The zero-order valence-corrected chi connectivity index (χ0v) is 11.1. The number of nitrogens with zero attached hydrogens (tertiary/aromatic N) is 1. The Bertz CT molecular complexity index is 428. The summed E-state index contributed by atoms with van der Waals surface area (Å²) in [5.74, 6) is 0. The van der Waals surface area contributed by atoms with Gasteiger partial charge in [0.1, 0.15) is 0 Å². The maximum absolute atomic E-state index is 10.8. The monoisotopic (exact) mass is 267 g/mol. The number of carbonyl (C=O) groups excluding carboxylic acids is 1. The third kappa shape index (κ3) is 3.08. The first-order valence-corrected chi connectivity index (χ1v) is 6.66. The first-order chi connectivity index (χ1) is 8.68. The number of nitrogens with two attached hydrogens (primary N) is 1. The van der Waals surface area contributed by atoms with E-state index in [-0.39, 0.29) is 0 Å². The second-order valence-corrected chi connectivity index (χ2v) is 5.00. The summed E-state index contributed by atoms with van der Waals surface area (Å²) in [4.78, 5) is 14.1. The number of morpholine rings is 1. The van der Waals surface area contributed by atoms with Crippen molar-refractivity contribution in [1.82, 2.24) is 4.72 Å². The number of primary amides is 1. The summed E-state index contributed by atoms with van der Waals surface area (Å²) < 4.78 is 7.99. The molecule has 98 valence electrons. The number of ether oxygens (including phenoxy) is 1. The van der Waals surface area contributed by atoms with Crippen molar-refractivity contribution in [1.29, 1.82) is 0 Å². The Kier molecular flexibility index (Phi) is 4.33. The molecule has 1 aromatic carbocycles. The van der Waals surface area contributed by atoms with Crippen LogP contribution in [0.1, 0.15) is 6.92 Å². The first-order valence-electron chi connectivity index (χ1n) is 5.84. The van der Waals surface area contributed by atoms with E-state index in [4.69, 9.17) is 10.5 Å². The Morgan fingerprint density at radius 2 is 2.33 bits per heavy atom. The number of anilines is 1. The summed E-state index contributed by atoms with van der Waals surface area (Å²) in [6, 6.07) is 7.75. The highest BCUT2D eigenvalue weighted by molar-refractivity contribution is 7.98. The number of amides is 2. The molecule has 1 atom stereocenters. The topological polar surface area (TPSA) is 67.6 Å². The van der Waals surface area contributed by atoms with E-state index in [1.165, 1.54) is 11.9 Å². The second-order valence-electron chi connectivity index (χ2n) is 4.15. The molecule has 1 unspecified atom stereocenters. The molecule has 1 aliphatic rings. The van der Waals surface area contributed by atoms with E-state index >= 15 is 0 Å². The van der Waals surface area contributed by atoms with E-state index in [0.29, 0.717) is 6.04 Å². The number of para-hydroxylation sites is 1. The van der Waals surface area contributed by atoms with Gasteiger partial charge in [-0.2, -0.15) is 0 Å². The van der Waals surface area contributed by atoms with Gasteiger partial charge in [-0.05, 0) is 31.0 Å². The van der Waals surface area contributed by atoms with E-state index in [1.54, 1.807) is 0 Å². The van der Waals surface area contributed by atoms with Crippen LogP contribution in [0.5, 0.6) is 0 Å². The zero-order chi connectivity index (χ0) is 13.0. The molecule has 0 spiro atoms. The molecule has 1 aliphatic heterocycles. The van der Waals surface area contributed by atoms with Crippen molar-refractivity contribution in [3.05, 3.63) is 24.3 Å². The van der Waals surface area contributed by atoms with E-state index < -0.39 is 6.03 Å². The minimum absolute atomic E-state index is 0.328. The largest absolute Gasteiger partial charge is 0.377 e. The van der Waals surface area contributed by atoms with Gasteiger partial charge in [-0.25, -0.2) is 4.79 Å². The smallest absolute Gasteiger partial charge is 0.322 e. The average Bonchev–Trinajstić information content (AvgIpc) is 2.37. The third-order valence-corrected chi connectivity index (χ3v) is 3.67. The number of rotatable bonds is 3. The molecule has 3 N–H and O–H groups in total. The predicted molar refractivity (Wildman–Crippen MR) is 72.6 cm³/mol. The normalized spacial score (nSPS) is 19.6. The SMILES string of the molecule is CC1COCCN1c1ccccc1SNC(N)=O. The van der Waals surface area contributed by atoms with Gasteiger partial charge >= 0.3 is 6.03 Å². The van der Waals surface area contributed by atoms with E-state index in [9.17, 15) is 4.79 Å². The Hall–Kier alpha value is -1.40. The van der Waals surface area contributed by atoms with Crippen molar-refractivity contribution in [2.24, 2.45) is 5.73 Å². The van der Waals surface area contributed by atoms with Crippen LogP contribution in [0.25, 0.3) is 0 Å². The fraction of sp³-hybridized carbons (Fsp3) is 0.417. The Morgan fingerprint density at radius 3 is 3.06 bits per heavy atom. The van der Waals surface area contributed by atoms with Crippen molar-refractivity contribution in [3.8, 4) is 0 Å². The van der Waals surface area contributed by atoms with Crippen molar-refractivity contribution in [3.63, 3.8) is 0 Å². The highest BCUT2D eigenvalue weighted by Crippen LogP contribution is 2.30. The first kappa shape index (κ1) is 13.0. The Morgan fingerprint density at radius 1 is 1.56 bits per heavy atom. The molecule has 0 saturated carbocycles. The summed E-state index contributed by atoms with van der Waals surface area (Å²) in [7, 11) is 0. The van der Waals surface area contributed by atoms with E-state index in [1.807, 2.05) is 24.3 Å². The number of carbonyl (C=O) groups is 1. The quantitative estimate of drug-likeness (QED) is 0.816. The molecule has 0 radical (unpaired) electrons. The van der Waals surface area contributed by atoms with Gasteiger partial charge < -0.3 is 15.4 Å². The van der Waals surface area contributed by atoms with Crippen molar-refractivity contribution < 1.29 is 9.53 Å². The molecule has 0 bridgehead atoms. The molecule has 0 aromatic heterocycles. The van der Waals surface area contributed by atoms with E-state index in [0.717, 1.165) is 30.3 Å². The van der Waals surface area contributed by atoms with Crippen molar-refractivity contribution in [2.45, 2.75) is 17.9 Å². The van der Waals surface area contributed by atoms with Crippen LogP contribution in [-0.4, -0.2) is 31.8 Å². The third-order valence-electron chi connectivity index (χ3n) is 2.80. The molecular formula is C12H17N3O2S. The maximum Gasteiger partial charge on any atom is 0.322 e. The van der Waals surface area contributed by atoms with Crippen molar-refractivity contribution in [2.75, 3.05) is 24.7 Å². The minimum atomic E-state index is -0.537. The standard InChI is InChI=1S/C12H17N3O2S/c1-9-8-17-7-6-15(9)10-4-2-3-5-11(10)18-14-12(13)16/h2-5,9H,6-8H2,1H3,(H3,13,14,16). The summed E-state index contributed by atoms with van der Waals surface area (Å²) in [5, 5.41) is 0. The highest BCUT2D eigenvalue weighted by atomic mass is 32.2. The average molecular weight is 267 g/mol. The summed E-state index contributed by atoms with van der Waals surface area (Å²) in [6.45, 7) is 4.44. The predicted octanol–water partition coefficient (Wildman–Crippen LogP) is 1.59. The minimum Gasteiger partial charge on any atom is -0.377 e. The Balaban J connectivity index is 2.17. The highest BCUT2D eigenvalue weighted by Gasteiger charge is 2.21. The van der Waals surface area contributed by atoms with Crippen LogP contribution in [0.2, 0.25) is 0 Å². The molecule has 2 rings (SSSR count). The van der Waals surface area contributed by atoms with Gasteiger partial charge in [0.05, 0.1) is 23.8 Å². The van der Waals surface area contributed by atoms with Crippen molar-refractivity contribution >= 4 is 23.7 Å². The van der Waals surface area contributed by atoms with Crippen LogP contribution in [0.4, 0.5) is 10.5 Å². The van der Waals surface area contributed by atoms with E-state index in [2.05, 4.69) is 16.5 Å².